The quantitative estimate of drug-likeness (QED) is 0.874. The molecule has 5 nitrogen and oxygen atoms in total. The SMILES string of the molecule is CCOC(=O)c1ccc(Nc2ncnc3c2CCC3)cc1. The van der Waals surface area contributed by atoms with Crippen LogP contribution < -0.4 is 5.32 Å². The smallest absolute Gasteiger partial charge is 0.338 e. The number of ether oxygens (including phenoxy) is 1. The number of carbonyl (C=O) groups excluding carboxylic acids is 1. The Morgan fingerprint density at radius 1 is 1.24 bits per heavy atom. The van der Waals surface area contributed by atoms with Gasteiger partial charge in [-0.15, -0.1) is 0 Å². The van der Waals surface area contributed by atoms with Crippen LogP contribution in [0.4, 0.5) is 11.5 Å². The van der Waals surface area contributed by atoms with Crippen LogP contribution in [0.5, 0.6) is 0 Å². The van der Waals surface area contributed by atoms with Crippen molar-refractivity contribution < 1.29 is 9.53 Å². The van der Waals surface area contributed by atoms with Gasteiger partial charge in [-0.05, 0) is 50.5 Å². The lowest BCUT2D eigenvalue weighted by atomic mass is 10.2. The Kier molecular flexibility index (Phi) is 3.81. The lowest BCUT2D eigenvalue weighted by Gasteiger charge is -2.10. The normalized spacial score (nSPS) is 12.8. The summed E-state index contributed by atoms with van der Waals surface area (Å²) in [4.78, 5) is 20.2. The highest BCUT2D eigenvalue weighted by Gasteiger charge is 2.17. The molecule has 0 amide bonds. The van der Waals surface area contributed by atoms with Crippen molar-refractivity contribution in [1.29, 1.82) is 0 Å². The van der Waals surface area contributed by atoms with Crippen LogP contribution in [0, 0.1) is 0 Å². The summed E-state index contributed by atoms with van der Waals surface area (Å²) in [5.74, 6) is 0.563. The molecule has 21 heavy (non-hydrogen) atoms. The molecule has 0 atom stereocenters. The van der Waals surface area contributed by atoms with E-state index in [1.54, 1.807) is 25.4 Å². The molecule has 108 valence electrons. The third kappa shape index (κ3) is 2.86. The van der Waals surface area contributed by atoms with E-state index in [-0.39, 0.29) is 5.97 Å². The van der Waals surface area contributed by atoms with Gasteiger partial charge in [0.05, 0.1) is 12.2 Å². The van der Waals surface area contributed by atoms with Crippen molar-refractivity contribution >= 4 is 17.5 Å². The van der Waals surface area contributed by atoms with Gasteiger partial charge in [0, 0.05) is 16.9 Å². The van der Waals surface area contributed by atoms with Crippen molar-refractivity contribution in [3.05, 3.63) is 47.4 Å². The molecule has 0 spiro atoms. The van der Waals surface area contributed by atoms with E-state index < -0.39 is 0 Å². The zero-order valence-electron chi connectivity index (χ0n) is 11.9. The van der Waals surface area contributed by atoms with Gasteiger partial charge in [0.2, 0.25) is 0 Å². The van der Waals surface area contributed by atoms with Crippen molar-refractivity contribution in [3.8, 4) is 0 Å². The number of nitrogens with one attached hydrogen (secondary N) is 1. The Balaban J connectivity index is 1.77. The third-order valence-corrected chi connectivity index (χ3v) is 3.53. The molecule has 5 heteroatoms. The minimum Gasteiger partial charge on any atom is -0.462 e. The Labute approximate surface area is 123 Å². The highest BCUT2D eigenvalue weighted by Crippen LogP contribution is 2.27. The first-order chi connectivity index (χ1) is 10.3. The van der Waals surface area contributed by atoms with Crippen LogP contribution in [-0.4, -0.2) is 22.5 Å². The molecule has 0 unspecified atom stereocenters. The molecule has 0 radical (unpaired) electrons. The van der Waals surface area contributed by atoms with Crippen LogP contribution >= 0.6 is 0 Å². The summed E-state index contributed by atoms with van der Waals surface area (Å²) in [6.07, 6.45) is 4.76. The van der Waals surface area contributed by atoms with Gasteiger partial charge in [-0.2, -0.15) is 0 Å². The third-order valence-electron chi connectivity index (χ3n) is 3.53. The fraction of sp³-hybridized carbons (Fsp3) is 0.312. The number of anilines is 2. The molecular weight excluding hydrogens is 266 g/mol. The van der Waals surface area contributed by atoms with Crippen LogP contribution in [0.2, 0.25) is 0 Å². The lowest BCUT2D eigenvalue weighted by molar-refractivity contribution is 0.0526. The van der Waals surface area contributed by atoms with Crippen LogP contribution in [0.1, 0.15) is 35.0 Å². The van der Waals surface area contributed by atoms with Crippen LogP contribution in [0.15, 0.2) is 30.6 Å². The summed E-state index contributed by atoms with van der Waals surface area (Å²) in [5, 5.41) is 3.30. The molecule has 0 saturated heterocycles. The van der Waals surface area contributed by atoms with E-state index in [2.05, 4.69) is 15.3 Å². The number of carbonyl (C=O) groups is 1. The number of esters is 1. The Hall–Kier alpha value is -2.43. The van der Waals surface area contributed by atoms with E-state index in [0.717, 1.165) is 36.5 Å². The van der Waals surface area contributed by atoms with Gasteiger partial charge in [0.25, 0.3) is 0 Å². The molecule has 1 aromatic heterocycles. The predicted molar refractivity (Wildman–Crippen MR) is 79.7 cm³/mol. The monoisotopic (exact) mass is 283 g/mol. The van der Waals surface area contributed by atoms with Crippen molar-refractivity contribution in [1.82, 2.24) is 9.97 Å². The van der Waals surface area contributed by atoms with Gasteiger partial charge in [0.1, 0.15) is 12.1 Å². The zero-order valence-corrected chi connectivity index (χ0v) is 11.9. The number of benzene rings is 1. The van der Waals surface area contributed by atoms with E-state index >= 15 is 0 Å². The number of hydrogen-bond acceptors (Lipinski definition) is 5. The maximum Gasteiger partial charge on any atom is 0.338 e. The molecule has 0 bridgehead atoms. The molecule has 0 fully saturated rings. The Bertz CT molecular complexity index is 653. The highest BCUT2D eigenvalue weighted by molar-refractivity contribution is 5.89. The molecule has 0 saturated carbocycles. The maximum atomic E-state index is 11.6. The van der Waals surface area contributed by atoms with Gasteiger partial charge < -0.3 is 10.1 Å². The summed E-state index contributed by atoms with van der Waals surface area (Å²) in [7, 11) is 0. The topological polar surface area (TPSA) is 64.1 Å². The Morgan fingerprint density at radius 2 is 2.05 bits per heavy atom. The standard InChI is InChI=1S/C16H17N3O2/c1-2-21-16(20)11-6-8-12(9-7-11)19-15-13-4-3-5-14(13)17-10-18-15/h6-10H,2-5H2,1H3,(H,17,18,19). The van der Waals surface area contributed by atoms with Crippen LogP contribution in [-0.2, 0) is 17.6 Å². The minimum absolute atomic E-state index is 0.299. The first-order valence-electron chi connectivity index (χ1n) is 7.15. The first kappa shape index (κ1) is 13.5. The predicted octanol–water partition coefficient (Wildman–Crippen LogP) is 2.89. The highest BCUT2D eigenvalue weighted by atomic mass is 16.5. The number of aryl methyl sites for hydroxylation is 1. The van der Waals surface area contributed by atoms with Gasteiger partial charge >= 0.3 is 5.97 Å². The molecule has 1 N–H and O–H groups in total. The van der Waals surface area contributed by atoms with Crippen molar-refractivity contribution in [2.45, 2.75) is 26.2 Å². The van der Waals surface area contributed by atoms with Crippen LogP contribution in [0.3, 0.4) is 0 Å². The number of hydrogen-bond donors (Lipinski definition) is 1. The second-order valence-corrected chi connectivity index (χ2v) is 4.92. The molecule has 1 aromatic carbocycles. The number of nitrogens with zero attached hydrogens (tertiary/aromatic N) is 2. The summed E-state index contributed by atoms with van der Waals surface area (Å²) in [5.41, 5.74) is 3.79. The number of rotatable bonds is 4. The zero-order chi connectivity index (χ0) is 14.7. The average Bonchev–Trinajstić information content (AvgIpc) is 2.98. The van der Waals surface area contributed by atoms with Gasteiger partial charge in [-0.3, -0.25) is 0 Å². The molecule has 0 aliphatic heterocycles. The number of fused-ring (bicyclic) bond motifs is 1. The first-order valence-corrected chi connectivity index (χ1v) is 7.15. The molecule has 1 aliphatic rings. The average molecular weight is 283 g/mol. The molecule has 3 rings (SSSR count). The van der Waals surface area contributed by atoms with E-state index in [4.69, 9.17) is 4.74 Å². The lowest BCUT2D eigenvalue weighted by Crippen LogP contribution is -2.05. The largest absolute Gasteiger partial charge is 0.462 e. The molecule has 2 aromatic rings. The fourth-order valence-corrected chi connectivity index (χ4v) is 2.51. The minimum atomic E-state index is -0.299. The summed E-state index contributed by atoms with van der Waals surface area (Å²) < 4.78 is 4.97. The molecule has 1 aliphatic carbocycles. The summed E-state index contributed by atoms with van der Waals surface area (Å²) >= 11 is 0. The van der Waals surface area contributed by atoms with E-state index in [1.165, 1.54) is 5.56 Å². The molecular formula is C16H17N3O2. The van der Waals surface area contributed by atoms with E-state index in [0.29, 0.717) is 12.2 Å². The Morgan fingerprint density at radius 3 is 2.81 bits per heavy atom. The van der Waals surface area contributed by atoms with Crippen LogP contribution in [0.25, 0.3) is 0 Å². The van der Waals surface area contributed by atoms with Gasteiger partial charge in [-0.1, -0.05) is 0 Å². The summed E-state index contributed by atoms with van der Waals surface area (Å²) in [6.45, 7) is 2.18. The van der Waals surface area contributed by atoms with E-state index in [1.807, 2.05) is 12.1 Å². The van der Waals surface area contributed by atoms with Crippen molar-refractivity contribution in [2.75, 3.05) is 11.9 Å². The second-order valence-electron chi connectivity index (χ2n) is 4.92. The molecule has 1 heterocycles. The second kappa shape index (κ2) is 5.91. The maximum absolute atomic E-state index is 11.6. The fourth-order valence-electron chi connectivity index (χ4n) is 2.51. The summed E-state index contributed by atoms with van der Waals surface area (Å²) in [6, 6.07) is 7.22. The number of aromatic nitrogens is 2. The van der Waals surface area contributed by atoms with Gasteiger partial charge in [-0.25, -0.2) is 14.8 Å². The van der Waals surface area contributed by atoms with Crippen molar-refractivity contribution in [2.24, 2.45) is 0 Å². The van der Waals surface area contributed by atoms with E-state index in [9.17, 15) is 4.79 Å². The van der Waals surface area contributed by atoms with Gasteiger partial charge in [0.15, 0.2) is 0 Å². The van der Waals surface area contributed by atoms with Crippen molar-refractivity contribution in [3.63, 3.8) is 0 Å².